The second-order valence-corrected chi connectivity index (χ2v) is 6.80. The van der Waals surface area contributed by atoms with Gasteiger partial charge in [-0.15, -0.1) is 0 Å². The average molecular weight is 274 g/mol. The van der Waals surface area contributed by atoms with Crippen LogP contribution in [0.15, 0.2) is 24.3 Å². The highest BCUT2D eigenvalue weighted by Gasteiger charge is 2.15. The zero-order valence-corrected chi connectivity index (χ0v) is 13.4. The van der Waals surface area contributed by atoms with Crippen LogP contribution >= 0.6 is 0 Å². The van der Waals surface area contributed by atoms with Gasteiger partial charge in [0.2, 0.25) is 0 Å². The van der Waals surface area contributed by atoms with E-state index in [1.54, 1.807) is 0 Å². The van der Waals surface area contributed by atoms with Crippen molar-refractivity contribution < 1.29 is 0 Å². The lowest BCUT2D eigenvalue weighted by molar-refractivity contribution is 0.185. The molecule has 20 heavy (non-hydrogen) atoms. The summed E-state index contributed by atoms with van der Waals surface area (Å²) < 4.78 is 0. The number of benzene rings is 1. The second-order valence-electron chi connectivity index (χ2n) is 6.80. The van der Waals surface area contributed by atoms with Crippen molar-refractivity contribution in [1.29, 1.82) is 0 Å². The molecule has 2 rings (SSSR count). The fraction of sp³-hybridized carbons (Fsp3) is 0.667. The SMILES string of the molecule is CC(C)CNCc1cccc(CN2CCC(C)CC2)c1. The summed E-state index contributed by atoms with van der Waals surface area (Å²) in [4.78, 5) is 2.60. The summed E-state index contributed by atoms with van der Waals surface area (Å²) in [5.41, 5.74) is 2.87. The summed E-state index contributed by atoms with van der Waals surface area (Å²) in [6.07, 6.45) is 2.71. The van der Waals surface area contributed by atoms with E-state index in [0.717, 1.165) is 25.6 Å². The topological polar surface area (TPSA) is 15.3 Å². The van der Waals surface area contributed by atoms with E-state index in [2.05, 4.69) is 55.3 Å². The van der Waals surface area contributed by atoms with Crippen LogP contribution in [0.5, 0.6) is 0 Å². The van der Waals surface area contributed by atoms with E-state index in [1.165, 1.54) is 37.1 Å². The maximum absolute atomic E-state index is 3.52. The van der Waals surface area contributed by atoms with E-state index in [9.17, 15) is 0 Å². The van der Waals surface area contributed by atoms with Crippen molar-refractivity contribution in [3.05, 3.63) is 35.4 Å². The van der Waals surface area contributed by atoms with Gasteiger partial charge in [0, 0.05) is 13.1 Å². The molecule has 0 spiro atoms. The monoisotopic (exact) mass is 274 g/mol. The van der Waals surface area contributed by atoms with E-state index in [1.807, 2.05) is 0 Å². The molecule has 0 aromatic heterocycles. The molecule has 2 heteroatoms. The Hall–Kier alpha value is -0.860. The van der Waals surface area contributed by atoms with Crippen LogP contribution in [-0.2, 0) is 13.1 Å². The van der Waals surface area contributed by atoms with Crippen molar-refractivity contribution >= 4 is 0 Å². The number of rotatable bonds is 6. The standard InChI is InChI=1S/C18H30N2/c1-15(2)12-19-13-17-5-4-6-18(11-17)14-20-9-7-16(3)8-10-20/h4-6,11,15-16,19H,7-10,12-14H2,1-3H3. The fourth-order valence-corrected chi connectivity index (χ4v) is 2.82. The van der Waals surface area contributed by atoms with Crippen LogP contribution in [0, 0.1) is 11.8 Å². The van der Waals surface area contributed by atoms with Crippen LogP contribution in [-0.4, -0.2) is 24.5 Å². The van der Waals surface area contributed by atoms with Gasteiger partial charge in [0.1, 0.15) is 0 Å². The number of hydrogen-bond donors (Lipinski definition) is 1. The molecule has 1 aliphatic heterocycles. The fourth-order valence-electron chi connectivity index (χ4n) is 2.82. The van der Waals surface area contributed by atoms with Gasteiger partial charge >= 0.3 is 0 Å². The highest BCUT2D eigenvalue weighted by Crippen LogP contribution is 2.18. The number of piperidine rings is 1. The molecule has 1 heterocycles. The number of nitrogens with one attached hydrogen (secondary N) is 1. The average Bonchev–Trinajstić information content (AvgIpc) is 2.41. The van der Waals surface area contributed by atoms with Crippen molar-refractivity contribution in [3.8, 4) is 0 Å². The number of nitrogens with zero attached hydrogens (tertiary/aromatic N) is 1. The van der Waals surface area contributed by atoms with E-state index >= 15 is 0 Å². The Balaban J connectivity index is 1.82. The number of hydrogen-bond acceptors (Lipinski definition) is 2. The lowest BCUT2D eigenvalue weighted by Gasteiger charge is -2.30. The highest BCUT2D eigenvalue weighted by molar-refractivity contribution is 5.23. The first-order valence-electron chi connectivity index (χ1n) is 8.14. The molecule has 1 saturated heterocycles. The minimum atomic E-state index is 0.716. The van der Waals surface area contributed by atoms with Gasteiger partial charge in [0.05, 0.1) is 0 Å². The molecule has 1 aromatic rings. The maximum atomic E-state index is 3.52. The van der Waals surface area contributed by atoms with E-state index < -0.39 is 0 Å². The van der Waals surface area contributed by atoms with Gasteiger partial charge in [0.15, 0.2) is 0 Å². The van der Waals surface area contributed by atoms with Crippen molar-refractivity contribution in [2.45, 2.75) is 46.7 Å². The molecule has 0 aliphatic carbocycles. The molecule has 1 aliphatic rings. The third-order valence-electron chi connectivity index (χ3n) is 4.16. The summed E-state index contributed by atoms with van der Waals surface area (Å²) in [5, 5.41) is 3.52. The van der Waals surface area contributed by atoms with E-state index in [4.69, 9.17) is 0 Å². The van der Waals surface area contributed by atoms with Crippen molar-refractivity contribution in [2.75, 3.05) is 19.6 Å². The largest absolute Gasteiger partial charge is 0.312 e. The predicted octanol–water partition coefficient (Wildman–Crippen LogP) is 3.66. The van der Waals surface area contributed by atoms with Crippen molar-refractivity contribution in [2.24, 2.45) is 11.8 Å². The van der Waals surface area contributed by atoms with Crippen LogP contribution in [0.4, 0.5) is 0 Å². The molecular formula is C18H30N2. The molecular weight excluding hydrogens is 244 g/mol. The second kappa shape index (κ2) is 7.80. The van der Waals surface area contributed by atoms with Gasteiger partial charge in [-0.2, -0.15) is 0 Å². The molecule has 0 radical (unpaired) electrons. The first-order chi connectivity index (χ1) is 9.63. The van der Waals surface area contributed by atoms with Crippen LogP contribution in [0.1, 0.15) is 44.7 Å². The molecule has 2 nitrogen and oxygen atoms in total. The first kappa shape index (κ1) is 15.5. The normalized spacial score (nSPS) is 17.8. The molecule has 0 unspecified atom stereocenters. The smallest absolute Gasteiger partial charge is 0.0233 e. The van der Waals surface area contributed by atoms with Gasteiger partial charge in [-0.3, -0.25) is 4.90 Å². The van der Waals surface area contributed by atoms with Crippen molar-refractivity contribution in [1.82, 2.24) is 10.2 Å². The molecule has 1 fully saturated rings. The van der Waals surface area contributed by atoms with Crippen LogP contribution in [0.3, 0.4) is 0 Å². The molecule has 0 atom stereocenters. The summed E-state index contributed by atoms with van der Waals surface area (Å²) in [6.45, 7) is 12.6. The summed E-state index contributed by atoms with van der Waals surface area (Å²) in [6, 6.07) is 9.07. The molecule has 112 valence electrons. The van der Waals surface area contributed by atoms with Crippen molar-refractivity contribution in [3.63, 3.8) is 0 Å². The molecule has 1 N–H and O–H groups in total. The Labute approximate surface area is 124 Å². The van der Waals surface area contributed by atoms with E-state index in [-0.39, 0.29) is 0 Å². The Morgan fingerprint density at radius 1 is 1.20 bits per heavy atom. The summed E-state index contributed by atoms with van der Waals surface area (Å²) in [5.74, 6) is 1.63. The third kappa shape index (κ3) is 5.26. The lowest BCUT2D eigenvalue weighted by Crippen LogP contribution is -2.32. The van der Waals surface area contributed by atoms with Gasteiger partial charge in [-0.25, -0.2) is 0 Å². The Bertz CT molecular complexity index is 392. The quantitative estimate of drug-likeness (QED) is 0.851. The molecule has 0 saturated carbocycles. The van der Waals surface area contributed by atoms with Crippen LogP contribution < -0.4 is 5.32 Å². The minimum absolute atomic E-state index is 0.716. The van der Waals surface area contributed by atoms with Gasteiger partial charge < -0.3 is 5.32 Å². The van der Waals surface area contributed by atoms with E-state index in [0.29, 0.717) is 5.92 Å². The van der Waals surface area contributed by atoms with Gasteiger partial charge in [-0.1, -0.05) is 45.0 Å². The number of likely N-dealkylation sites (tertiary alicyclic amines) is 1. The Morgan fingerprint density at radius 2 is 1.90 bits per heavy atom. The molecule has 0 amide bonds. The minimum Gasteiger partial charge on any atom is -0.312 e. The Kier molecular flexibility index (Phi) is 6.06. The molecule has 1 aromatic carbocycles. The zero-order chi connectivity index (χ0) is 14.4. The predicted molar refractivity (Wildman–Crippen MR) is 86.7 cm³/mol. The lowest BCUT2D eigenvalue weighted by atomic mass is 9.98. The molecule has 0 bridgehead atoms. The van der Waals surface area contributed by atoms with Crippen LogP contribution in [0.2, 0.25) is 0 Å². The third-order valence-corrected chi connectivity index (χ3v) is 4.16. The maximum Gasteiger partial charge on any atom is 0.0233 e. The summed E-state index contributed by atoms with van der Waals surface area (Å²) in [7, 11) is 0. The Morgan fingerprint density at radius 3 is 2.60 bits per heavy atom. The zero-order valence-electron chi connectivity index (χ0n) is 13.4. The summed E-state index contributed by atoms with van der Waals surface area (Å²) >= 11 is 0. The van der Waals surface area contributed by atoms with Gasteiger partial charge in [-0.05, 0) is 55.4 Å². The highest BCUT2D eigenvalue weighted by atomic mass is 15.1. The van der Waals surface area contributed by atoms with Gasteiger partial charge in [0.25, 0.3) is 0 Å². The first-order valence-corrected chi connectivity index (χ1v) is 8.14. The van der Waals surface area contributed by atoms with Crippen LogP contribution in [0.25, 0.3) is 0 Å².